The molecule has 2 aromatic rings. The van der Waals surface area contributed by atoms with Crippen LogP contribution in [0.2, 0.25) is 0 Å². The van der Waals surface area contributed by atoms with Gasteiger partial charge in [0.05, 0.1) is 11.1 Å². The fourth-order valence-electron chi connectivity index (χ4n) is 4.48. The van der Waals surface area contributed by atoms with Gasteiger partial charge in [0.2, 0.25) is 5.91 Å². The maximum absolute atomic E-state index is 13.8. The molecule has 2 aliphatic rings. The van der Waals surface area contributed by atoms with E-state index < -0.39 is 28.5 Å². The van der Waals surface area contributed by atoms with Gasteiger partial charge in [0.15, 0.2) is 17.3 Å². The van der Waals surface area contributed by atoms with Gasteiger partial charge in [-0.3, -0.25) is 19.2 Å². The van der Waals surface area contributed by atoms with Crippen LogP contribution in [0.5, 0.6) is 17.2 Å². The van der Waals surface area contributed by atoms with Crippen molar-refractivity contribution in [1.82, 2.24) is 0 Å². The Hall–Kier alpha value is -4.40. The van der Waals surface area contributed by atoms with Crippen LogP contribution in [-0.2, 0) is 19.8 Å². The fourth-order valence-corrected chi connectivity index (χ4v) is 4.48. The number of amides is 1. The van der Waals surface area contributed by atoms with Crippen LogP contribution in [-0.4, -0.2) is 33.5 Å². The van der Waals surface area contributed by atoms with Crippen molar-refractivity contribution < 1.29 is 34.1 Å². The first-order valence-electron chi connectivity index (χ1n) is 10.8. The zero-order valence-corrected chi connectivity index (χ0v) is 19.8. The molecule has 2 aromatic carbocycles. The molecule has 1 aliphatic heterocycles. The molecule has 35 heavy (non-hydrogen) atoms. The third-order valence-corrected chi connectivity index (χ3v) is 6.30. The van der Waals surface area contributed by atoms with Gasteiger partial charge in [-0.15, -0.1) is 0 Å². The summed E-state index contributed by atoms with van der Waals surface area (Å²) >= 11 is 0. The normalized spacial score (nSPS) is 19.9. The number of Topliss-reactive ketones (excluding diaryl/α,β-unsaturated/α-hetero) is 2. The van der Waals surface area contributed by atoms with E-state index in [0.717, 1.165) is 6.08 Å². The topological polar surface area (TPSA) is 142 Å². The third-order valence-electron chi connectivity index (χ3n) is 6.30. The first-order valence-corrected chi connectivity index (χ1v) is 10.8. The molecule has 0 fully saturated rings. The van der Waals surface area contributed by atoms with E-state index in [-0.39, 0.29) is 51.1 Å². The molecule has 9 heteroatoms. The fraction of sp³-hybridized carbons (Fsp3) is 0.231. The lowest BCUT2D eigenvalue weighted by Gasteiger charge is -2.29. The molecule has 1 aliphatic carbocycles. The first-order chi connectivity index (χ1) is 16.4. The van der Waals surface area contributed by atoms with Crippen molar-refractivity contribution in [3.63, 3.8) is 0 Å². The van der Waals surface area contributed by atoms with Crippen LogP contribution >= 0.6 is 0 Å². The maximum Gasteiger partial charge on any atom is 0.221 e. The summed E-state index contributed by atoms with van der Waals surface area (Å²) in [6.07, 6.45) is 1.16. The Balaban J connectivity index is 1.81. The molecule has 0 radical (unpaired) electrons. The van der Waals surface area contributed by atoms with E-state index >= 15 is 0 Å². The van der Waals surface area contributed by atoms with Crippen LogP contribution in [0.3, 0.4) is 0 Å². The Labute approximate surface area is 201 Å². The van der Waals surface area contributed by atoms with Crippen molar-refractivity contribution in [3.05, 3.63) is 64.1 Å². The predicted molar refractivity (Wildman–Crippen MR) is 128 cm³/mol. The number of nitrogens with one attached hydrogen (secondary N) is 2. The quantitative estimate of drug-likeness (QED) is 0.298. The summed E-state index contributed by atoms with van der Waals surface area (Å²) in [5, 5.41) is 27.0. The number of rotatable bonds is 4. The molecule has 4 N–H and O–H groups in total. The smallest absolute Gasteiger partial charge is 0.221 e. The summed E-state index contributed by atoms with van der Waals surface area (Å²) in [7, 11) is 0. The molecular weight excluding hydrogens is 452 g/mol. The molecule has 1 heterocycles. The van der Waals surface area contributed by atoms with Gasteiger partial charge in [-0.25, -0.2) is 0 Å². The Morgan fingerprint density at radius 2 is 1.51 bits per heavy atom. The van der Waals surface area contributed by atoms with Crippen LogP contribution in [0.4, 0.5) is 11.4 Å². The number of hydrogen-bond acceptors (Lipinski definition) is 8. The standard InChI is InChI=1S/C26H24N2O7/c1-11-22(32)20(13(3)29)24-21(23(11)33)26(5)18(35-24)10-17(31)19(25(26)34)12(2)27-15-6-8-16(9-7-15)28-14(4)30/h6-10,27,32-33H,1-5H3,(H,28,30)/b19-12+/t26-/m0/s1. The van der Waals surface area contributed by atoms with Crippen molar-refractivity contribution in [2.24, 2.45) is 0 Å². The number of aromatic hydroxyl groups is 2. The molecule has 0 aromatic heterocycles. The van der Waals surface area contributed by atoms with Crippen molar-refractivity contribution in [1.29, 1.82) is 0 Å². The second-order valence-corrected chi connectivity index (χ2v) is 8.77. The number of anilines is 2. The third kappa shape index (κ3) is 3.56. The van der Waals surface area contributed by atoms with E-state index in [4.69, 9.17) is 4.74 Å². The lowest BCUT2D eigenvalue weighted by Crippen LogP contribution is -2.40. The zero-order chi connectivity index (χ0) is 25.8. The Morgan fingerprint density at radius 1 is 0.943 bits per heavy atom. The minimum Gasteiger partial charge on any atom is -0.507 e. The SMILES string of the molecule is CC(=O)Nc1ccc(N/C(C)=C2\C(=O)C=C3Oc4c(C(C)=O)c(O)c(C)c(O)c4[C@@]3(C)C2=O)cc1. The van der Waals surface area contributed by atoms with Crippen LogP contribution < -0.4 is 15.4 Å². The minimum atomic E-state index is -1.58. The van der Waals surface area contributed by atoms with Crippen LogP contribution in [0.15, 0.2) is 47.4 Å². The number of phenolic OH excluding ortho intramolecular Hbond substituents is 2. The first kappa shape index (κ1) is 23.7. The van der Waals surface area contributed by atoms with Crippen molar-refractivity contribution in [2.45, 2.75) is 40.0 Å². The van der Waals surface area contributed by atoms with E-state index in [9.17, 15) is 29.4 Å². The van der Waals surface area contributed by atoms with E-state index in [0.29, 0.717) is 11.4 Å². The number of carbonyl (C=O) groups excluding carboxylic acids is 4. The second-order valence-electron chi connectivity index (χ2n) is 8.77. The highest BCUT2D eigenvalue weighted by atomic mass is 16.5. The second kappa shape index (κ2) is 8.12. The average Bonchev–Trinajstić information content (AvgIpc) is 3.06. The molecule has 4 rings (SSSR count). The Morgan fingerprint density at radius 3 is 2.06 bits per heavy atom. The van der Waals surface area contributed by atoms with Crippen LogP contribution in [0.25, 0.3) is 0 Å². The summed E-state index contributed by atoms with van der Waals surface area (Å²) < 4.78 is 5.76. The van der Waals surface area contributed by atoms with Gasteiger partial charge in [-0.05, 0) is 52.0 Å². The van der Waals surface area contributed by atoms with E-state index in [1.165, 1.54) is 27.7 Å². The molecule has 9 nitrogen and oxygen atoms in total. The maximum atomic E-state index is 13.8. The lowest BCUT2D eigenvalue weighted by atomic mass is 9.70. The summed E-state index contributed by atoms with van der Waals surface area (Å²) in [6.45, 7) is 7.14. The number of allylic oxidation sites excluding steroid dienone is 4. The number of ketones is 3. The van der Waals surface area contributed by atoms with Gasteiger partial charge >= 0.3 is 0 Å². The van der Waals surface area contributed by atoms with E-state index in [2.05, 4.69) is 10.6 Å². The lowest BCUT2D eigenvalue weighted by molar-refractivity contribution is -0.123. The molecule has 0 spiro atoms. The highest BCUT2D eigenvalue weighted by Gasteiger charge is 2.56. The molecule has 180 valence electrons. The Bertz CT molecular complexity index is 1400. The van der Waals surface area contributed by atoms with Crippen molar-refractivity contribution in [2.75, 3.05) is 10.6 Å². The zero-order valence-electron chi connectivity index (χ0n) is 19.8. The van der Waals surface area contributed by atoms with Gasteiger partial charge in [0, 0.05) is 35.6 Å². The highest BCUT2D eigenvalue weighted by Crippen LogP contribution is 2.57. The highest BCUT2D eigenvalue weighted by molar-refractivity contribution is 6.31. The number of ether oxygens (including phenoxy) is 1. The van der Waals surface area contributed by atoms with Gasteiger partial charge < -0.3 is 25.6 Å². The Kier molecular flexibility index (Phi) is 5.51. The van der Waals surface area contributed by atoms with Crippen molar-refractivity contribution >= 4 is 34.6 Å². The number of benzene rings is 2. The number of hydrogen-bond donors (Lipinski definition) is 4. The molecule has 1 amide bonds. The molecule has 0 saturated carbocycles. The number of carbonyl (C=O) groups is 4. The summed E-state index contributed by atoms with van der Waals surface area (Å²) in [6, 6.07) is 6.70. The minimum absolute atomic E-state index is 0.0264. The summed E-state index contributed by atoms with van der Waals surface area (Å²) in [5.41, 5.74) is -0.359. The average molecular weight is 476 g/mol. The molecule has 0 saturated heterocycles. The monoisotopic (exact) mass is 476 g/mol. The molecular formula is C26H24N2O7. The summed E-state index contributed by atoms with van der Waals surface area (Å²) in [5.74, 6) is -2.92. The van der Waals surface area contributed by atoms with Gasteiger partial charge in [-0.2, -0.15) is 0 Å². The number of fused-ring (bicyclic) bond motifs is 3. The summed E-state index contributed by atoms with van der Waals surface area (Å²) in [4.78, 5) is 50.3. The van der Waals surface area contributed by atoms with Crippen molar-refractivity contribution in [3.8, 4) is 17.2 Å². The molecule has 1 atom stereocenters. The van der Waals surface area contributed by atoms with Gasteiger partial charge in [-0.1, -0.05) is 0 Å². The largest absolute Gasteiger partial charge is 0.507 e. The number of phenols is 2. The predicted octanol–water partition coefficient (Wildman–Crippen LogP) is 3.64. The van der Waals surface area contributed by atoms with Crippen LogP contribution in [0.1, 0.15) is 49.2 Å². The molecule has 0 unspecified atom stereocenters. The van der Waals surface area contributed by atoms with E-state index in [1.807, 2.05) is 0 Å². The van der Waals surface area contributed by atoms with E-state index in [1.54, 1.807) is 31.2 Å². The van der Waals surface area contributed by atoms with Gasteiger partial charge in [0.1, 0.15) is 34.0 Å². The van der Waals surface area contributed by atoms with Gasteiger partial charge in [0.25, 0.3) is 0 Å². The van der Waals surface area contributed by atoms with Crippen LogP contribution in [0, 0.1) is 6.92 Å². The molecule has 0 bridgehead atoms.